The van der Waals surface area contributed by atoms with E-state index >= 15 is 0 Å². The molecule has 2 nitrogen and oxygen atoms in total. The molecule has 1 rings (SSSR count). The van der Waals surface area contributed by atoms with E-state index in [2.05, 4.69) is 40.1 Å². The van der Waals surface area contributed by atoms with Gasteiger partial charge in [0, 0.05) is 12.2 Å². The third-order valence-electron chi connectivity index (χ3n) is 1.27. The van der Waals surface area contributed by atoms with Crippen molar-refractivity contribution in [1.82, 2.24) is 4.98 Å². The standard InChI is InChI=1S/C8H10BrClN2/c1-5(2)12-7-3-8(10)11-4-6(7)9/h3-5H,1-2H3,(H,11,12). The van der Waals surface area contributed by atoms with Crippen molar-refractivity contribution in [3.63, 3.8) is 0 Å². The largest absolute Gasteiger partial charge is 0.382 e. The average Bonchev–Trinajstić information content (AvgIpc) is 1.96. The molecule has 0 aliphatic rings. The third kappa shape index (κ3) is 2.64. The van der Waals surface area contributed by atoms with Gasteiger partial charge in [-0.1, -0.05) is 11.6 Å². The molecule has 0 bridgehead atoms. The van der Waals surface area contributed by atoms with Crippen LogP contribution in [0.15, 0.2) is 16.7 Å². The molecule has 66 valence electrons. The second-order valence-electron chi connectivity index (χ2n) is 2.79. The van der Waals surface area contributed by atoms with E-state index in [4.69, 9.17) is 11.6 Å². The molecular weight excluding hydrogens is 239 g/mol. The van der Waals surface area contributed by atoms with Gasteiger partial charge in [0.05, 0.1) is 10.2 Å². The topological polar surface area (TPSA) is 24.9 Å². The average molecular weight is 250 g/mol. The number of rotatable bonds is 2. The number of hydrogen-bond donors (Lipinski definition) is 1. The Labute approximate surface area is 85.5 Å². The van der Waals surface area contributed by atoms with Gasteiger partial charge in [-0.15, -0.1) is 0 Å². The van der Waals surface area contributed by atoms with Crippen LogP contribution in [0.4, 0.5) is 5.69 Å². The molecule has 1 heterocycles. The highest BCUT2D eigenvalue weighted by Crippen LogP contribution is 2.24. The zero-order valence-electron chi connectivity index (χ0n) is 6.94. The van der Waals surface area contributed by atoms with Crippen molar-refractivity contribution >= 4 is 33.2 Å². The zero-order valence-corrected chi connectivity index (χ0v) is 9.28. The van der Waals surface area contributed by atoms with Crippen LogP contribution < -0.4 is 5.32 Å². The highest BCUT2D eigenvalue weighted by Gasteiger charge is 2.02. The van der Waals surface area contributed by atoms with Crippen molar-refractivity contribution in [2.45, 2.75) is 19.9 Å². The van der Waals surface area contributed by atoms with Crippen molar-refractivity contribution in [3.8, 4) is 0 Å². The third-order valence-corrected chi connectivity index (χ3v) is 2.10. The smallest absolute Gasteiger partial charge is 0.131 e. The Balaban J connectivity index is 2.90. The fourth-order valence-electron chi connectivity index (χ4n) is 0.835. The molecule has 0 fully saturated rings. The van der Waals surface area contributed by atoms with Gasteiger partial charge < -0.3 is 5.32 Å². The molecule has 0 saturated carbocycles. The maximum Gasteiger partial charge on any atom is 0.131 e. The van der Waals surface area contributed by atoms with Gasteiger partial charge in [0.1, 0.15) is 5.15 Å². The first-order valence-electron chi connectivity index (χ1n) is 3.67. The van der Waals surface area contributed by atoms with Crippen LogP contribution in [0.5, 0.6) is 0 Å². The van der Waals surface area contributed by atoms with Crippen molar-refractivity contribution in [1.29, 1.82) is 0 Å². The van der Waals surface area contributed by atoms with Crippen LogP contribution >= 0.6 is 27.5 Å². The van der Waals surface area contributed by atoms with Crippen LogP contribution in [-0.4, -0.2) is 11.0 Å². The lowest BCUT2D eigenvalue weighted by atomic mass is 10.3. The minimum absolute atomic E-state index is 0.389. The summed E-state index contributed by atoms with van der Waals surface area (Å²) < 4.78 is 0.931. The summed E-state index contributed by atoms with van der Waals surface area (Å²) >= 11 is 9.10. The number of aromatic nitrogens is 1. The van der Waals surface area contributed by atoms with Crippen LogP contribution in [0.1, 0.15) is 13.8 Å². The summed E-state index contributed by atoms with van der Waals surface area (Å²) in [4.78, 5) is 3.93. The molecule has 4 heteroatoms. The Hall–Kier alpha value is -0.280. The molecule has 1 aromatic rings. The van der Waals surface area contributed by atoms with Crippen molar-refractivity contribution < 1.29 is 0 Å². The SMILES string of the molecule is CC(C)Nc1cc(Cl)ncc1Br. The van der Waals surface area contributed by atoms with Gasteiger partial charge in [0.25, 0.3) is 0 Å². The fourth-order valence-corrected chi connectivity index (χ4v) is 1.32. The molecule has 0 aliphatic heterocycles. The van der Waals surface area contributed by atoms with Crippen LogP contribution in [-0.2, 0) is 0 Å². The Kier molecular flexibility index (Phi) is 3.35. The first-order chi connectivity index (χ1) is 5.59. The molecule has 0 atom stereocenters. The van der Waals surface area contributed by atoms with E-state index in [1.165, 1.54) is 0 Å². The molecule has 1 N–H and O–H groups in total. The molecule has 0 spiro atoms. The summed E-state index contributed by atoms with van der Waals surface area (Å²) in [6.07, 6.45) is 1.69. The van der Waals surface area contributed by atoms with Crippen LogP contribution in [0, 0.1) is 0 Å². The van der Waals surface area contributed by atoms with Crippen LogP contribution in [0.25, 0.3) is 0 Å². The fraction of sp³-hybridized carbons (Fsp3) is 0.375. The molecule has 0 saturated heterocycles. The lowest BCUT2D eigenvalue weighted by Crippen LogP contribution is -2.10. The van der Waals surface area contributed by atoms with E-state index in [1.54, 1.807) is 12.3 Å². The second-order valence-corrected chi connectivity index (χ2v) is 4.03. The van der Waals surface area contributed by atoms with Gasteiger partial charge in [-0.2, -0.15) is 0 Å². The number of nitrogens with zero attached hydrogens (tertiary/aromatic N) is 1. The Morgan fingerprint density at radius 3 is 2.83 bits per heavy atom. The van der Waals surface area contributed by atoms with Gasteiger partial charge in [0.15, 0.2) is 0 Å². The Bertz CT molecular complexity index is 276. The quantitative estimate of drug-likeness (QED) is 0.814. The monoisotopic (exact) mass is 248 g/mol. The summed E-state index contributed by atoms with van der Waals surface area (Å²) in [6, 6.07) is 2.19. The number of hydrogen-bond acceptors (Lipinski definition) is 2. The van der Waals surface area contributed by atoms with E-state index in [-0.39, 0.29) is 0 Å². The number of anilines is 1. The molecule has 0 radical (unpaired) electrons. The number of nitrogens with one attached hydrogen (secondary N) is 1. The molecule has 1 aromatic heterocycles. The lowest BCUT2D eigenvalue weighted by Gasteiger charge is -2.11. The summed E-state index contributed by atoms with van der Waals surface area (Å²) in [5.74, 6) is 0. The van der Waals surface area contributed by atoms with E-state index in [0.717, 1.165) is 10.2 Å². The lowest BCUT2D eigenvalue weighted by molar-refractivity contribution is 0.897. The van der Waals surface area contributed by atoms with E-state index in [0.29, 0.717) is 11.2 Å². The molecule has 0 unspecified atom stereocenters. The van der Waals surface area contributed by atoms with Crippen molar-refractivity contribution in [2.75, 3.05) is 5.32 Å². The Morgan fingerprint density at radius 2 is 2.25 bits per heavy atom. The number of pyridine rings is 1. The Morgan fingerprint density at radius 1 is 1.58 bits per heavy atom. The summed E-state index contributed by atoms with van der Waals surface area (Å²) in [5.41, 5.74) is 0.977. The van der Waals surface area contributed by atoms with Crippen LogP contribution in [0.2, 0.25) is 5.15 Å². The maximum absolute atomic E-state index is 5.73. The molecule has 0 aromatic carbocycles. The van der Waals surface area contributed by atoms with Gasteiger partial charge in [-0.25, -0.2) is 4.98 Å². The van der Waals surface area contributed by atoms with Crippen molar-refractivity contribution in [2.24, 2.45) is 0 Å². The van der Waals surface area contributed by atoms with Crippen molar-refractivity contribution in [3.05, 3.63) is 21.9 Å². The highest BCUT2D eigenvalue weighted by atomic mass is 79.9. The first kappa shape index (κ1) is 9.81. The minimum atomic E-state index is 0.389. The summed E-state index contributed by atoms with van der Waals surface area (Å²) in [7, 11) is 0. The predicted molar refractivity (Wildman–Crippen MR) is 55.7 cm³/mol. The van der Waals surface area contributed by atoms with E-state index < -0.39 is 0 Å². The highest BCUT2D eigenvalue weighted by molar-refractivity contribution is 9.10. The second kappa shape index (κ2) is 4.10. The summed E-state index contributed by atoms with van der Waals surface area (Å²) in [5, 5.41) is 3.74. The van der Waals surface area contributed by atoms with E-state index in [9.17, 15) is 0 Å². The normalized spacial score (nSPS) is 10.4. The first-order valence-corrected chi connectivity index (χ1v) is 4.84. The molecule has 0 amide bonds. The molecular formula is C8H10BrClN2. The number of halogens is 2. The maximum atomic E-state index is 5.73. The van der Waals surface area contributed by atoms with Gasteiger partial charge >= 0.3 is 0 Å². The van der Waals surface area contributed by atoms with Gasteiger partial charge in [-0.05, 0) is 35.8 Å². The van der Waals surface area contributed by atoms with Gasteiger partial charge in [0.2, 0.25) is 0 Å². The summed E-state index contributed by atoms with van der Waals surface area (Å²) in [6.45, 7) is 4.14. The van der Waals surface area contributed by atoms with Crippen LogP contribution in [0.3, 0.4) is 0 Å². The molecule has 0 aliphatic carbocycles. The predicted octanol–water partition coefficient (Wildman–Crippen LogP) is 3.32. The van der Waals surface area contributed by atoms with Gasteiger partial charge in [-0.3, -0.25) is 0 Å². The minimum Gasteiger partial charge on any atom is -0.382 e. The zero-order chi connectivity index (χ0) is 9.14. The van der Waals surface area contributed by atoms with E-state index in [1.807, 2.05) is 0 Å². The molecule has 12 heavy (non-hydrogen) atoms.